The van der Waals surface area contributed by atoms with Gasteiger partial charge < -0.3 is 15.3 Å². The number of hydrogen-bond donors (Lipinski definition) is 2. The van der Waals surface area contributed by atoms with Crippen LogP contribution in [0.3, 0.4) is 0 Å². The van der Waals surface area contributed by atoms with Gasteiger partial charge >= 0.3 is 0 Å². The highest BCUT2D eigenvalue weighted by Crippen LogP contribution is 2.09. The predicted octanol–water partition coefficient (Wildman–Crippen LogP) is 0.995. The highest BCUT2D eigenvalue weighted by molar-refractivity contribution is 5.78. The molecule has 96 valence electrons. The lowest BCUT2D eigenvalue weighted by atomic mass is 10.0. The molecule has 1 atom stereocenters. The zero-order valence-electron chi connectivity index (χ0n) is 11.0. The molecule has 0 aromatic rings. The van der Waals surface area contributed by atoms with Crippen molar-refractivity contribution in [1.82, 2.24) is 10.2 Å². The predicted molar refractivity (Wildman–Crippen MR) is 66.3 cm³/mol. The Kier molecular flexibility index (Phi) is 7.34. The number of carbonyl (C=O) groups is 1. The average molecular weight is 230 g/mol. The van der Waals surface area contributed by atoms with Crippen molar-refractivity contribution >= 4 is 5.91 Å². The van der Waals surface area contributed by atoms with E-state index in [1.807, 2.05) is 20.8 Å². The van der Waals surface area contributed by atoms with Gasteiger partial charge in [-0.15, -0.1) is 0 Å². The van der Waals surface area contributed by atoms with E-state index in [9.17, 15) is 9.90 Å². The van der Waals surface area contributed by atoms with E-state index in [4.69, 9.17) is 0 Å². The van der Waals surface area contributed by atoms with Crippen LogP contribution in [-0.4, -0.2) is 47.7 Å². The third kappa shape index (κ3) is 6.08. The maximum Gasteiger partial charge on any atom is 0.236 e. The van der Waals surface area contributed by atoms with E-state index in [2.05, 4.69) is 5.32 Å². The van der Waals surface area contributed by atoms with Crippen LogP contribution in [0.1, 0.15) is 40.5 Å². The fraction of sp³-hybridized carbons (Fsp3) is 0.917. The molecular formula is C12H26N2O2. The number of nitrogens with zero attached hydrogens (tertiary/aromatic N) is 1. The smallest absolute Gasteiger partial charge is 0.236 e. The van der Waals surface area contributed by atoms with E-state index >= 15 is 0 Å². The van der Waals surface area contributed by atoms with Crippen LogP contribution < -0.4 is 5.32 Å². The van der Waals surface area contributed by atoms with Gasteiger partial charge in [0, 0.05) is 19.6 Å². The van der Waals surface area contributed by atoms with E-state index in [1.54, 1.807) is 11.8 Å². The van der Waals surface area contributed by atoms with E-state index in [-0.39, 0.29) is 5.91 Å². The summed E-state index contributed by atoms with van der Waals surface area (Å²) in [5.74, 6) is 0.0947. The first-order chi connectivity index (χ1) is 7.46. The Morgan fingerprint density at radius 1 is 1.31 bits per heavy atom. The van der Waals surface area contributed by atoms with Crippen LogP contribution in [0.25, 0.3) is 0 Å². The normalized spacial score (nSPS) is 14.6. The van der Waals surface area contributed by atoms with E-state index < -0.39 is 5.60 Å². The first kappa shape index (κ1) is 15.4. The lowest BCUT2D eigenvalue weighted by molar-refractivity contribution is -0.130. The Morgan fingerprint density at radius 2 is 1.88 bits per heavy atom. The summed E-state index contributed by atoms with van der Waals surface area (Å²) in [4.78, 5) is 13.4. The lowest BCUT2D eigenvalue weighted by Crippen LogP contribution is -2.43. The zero-order chi connectivity index (χ0) is 12.6. The van der Waals surface area contributed by atoms with Crippen LogP contribution in [0.15, 0.2) is 0 Å². The van der Waals surface area contributed by atoms with Gasteiger partial charge in [-0.3, -0.25) is 4.79 Å². The minimum Gasteiger partial charge on any atom is -0.389 e. The Hall–Kier alpha value is -0.610. The third-order valence-corrected chi connectivity index (χ3v) is 2.69. The van der Waals surface area contributed by atoms with Gasteiger partial charge in [0.25, 0.3) is 0 Å². The number of rotatable bonds is 8. The van der Waals surface area contributed by atoms with Crippen LogP contribution in [0.2, 0.25) is 0 Å². The van der Waals surface area contributed by atoms with Crippen LogP contribution in [0.4, 0.5) is 0 Å². The fourth-order valence-electron chi connectivity index (χ4n) is 1.75. The first-order valence-corrected chi connectivity index (χ1v) is 6.17. The molecule has 0 fully saturated rings. The molecule has 0 aromatic heterocycles. The number of aliphatic hydroxyl groups is 1. The summed E-state index contributed by atoms with van der Waals surface area (Å²) in [6.45, 7) is 10.0. The molecule has 0 aromatic carbocycles. The summed E-state index contributed by atoms with van der Waals surface area (Å²) in [6.07, 6.45) is 1.69. The second-order valence-corrected chi connectivity index (χ2v) is 4.42. The highest BCUT2D eigenvalue weighted by Gasteiger charge is 2.19. The quantitative estimate of drug-likeness (QED) is 0.654. The summed E-state index contributed by atoms with van der Waals surface area (Å²) in [5, 5.41) is 12.9. The molecule has 16 heavy (non-hydrogen) atoms. The highest BCUT2D eigenvalue weighted by atomic mass is 16.3. The molecule has 0 saturated heterocycles. The van der Waals surface area contributed by atoms with Crippen molar-refractivity contribution in [3.05, 3.63) is 0 Å². The molecular weight excluding hydrogens is 204 g/mol. The molecule has 0 radical (unpaired) electrons. The summed E-state index contributed by atoms with van der Waals surface area (Å²) < 4.78 is 0. The van der Waals surface area contributed by atoms with E-state index in [1.165, 1.54) is 0 Å². The Bertz CT molecular complexity index is 201. The minimum absolute atomic E-state index is 0.0947. The lowest BCUT2D eigenvalue weighted by Gasteiger charge is -2.24. The van der Waals surface area contributed by atoms with Gasteiger partial charge in [0.05, 0.1) is 12.1 Å². The largest absolute Gasteiger partial charge is 0.389 e. The first-order valence-electron chi connectivity index (χ1n) is 6.17. The van der Waals surface area contributed by atoms with Crippen molar-refractivity contribution in [1.29, 1.82) is 0 Å². The molecule has 0 aliphatic heterocycles. The van der Waals surface area contributed by atoms with Crippen molar-refractivity contribution in [3.63, 3.8) is 0 Å². The van der Waals surface area contributed by atoms with Gasteiger partial charge in [-0.25, -0.2) is 0 Å². The maximum absolute atomic E-state index is 11.6. The average Bonchev–Trinajstić information content (AvgIpc) is 2.19. The molecule has 0 aliphatic rings. The molecule has 4 heteroatoms. The summed E-state index contributed by atoms with van der Waals surface area (Å²) in [7, 11) is 0. The van der Waals surface area contributed by atoms with Crippen LogP contribution in [-0.2, 0) is 4.79 Å². The van der Waals surface area contributed by atoms with Gasteiger partial charge in [0.2, 0.25) is 5.91 Å². The van der Waals surface area contributed by atoms with Crippen LogP contribution >= 0.6 is 0 Å². The van der Waals surface area contributed by atoms with Crippen molar-refractivity contribution in [2.45, 2.75) is 46.1 Å². The second-order valence-electron chi connectivity index (χ2n) is 4.42. The summed E-state index contributed by atoms with van der Waals surface area (Å²) >= 11 is 0. The molecule has 2 N–H and O–H groups in total. The topological polar surface area (TPSA) is 52.6 Å². The molecule has 0 spiro atoms. The molecule has 0 bridgehead atoms. The molecule has 1 unspecified atom stereocenters. The molecule has 0 heterocycles. The Labute approximate surface area is 99.0 Å². The fourth-order valence-corrected chi connectivity index (χ4v) is 1.75. The second kappa shape index (κ2) is 7.63. The molecule has 0 saturated carbocycles. The molecule has 1 amide bonds. The molecule has 0 rings (SSSR count). The Balaban J connectivity index is 3.85. The van der Waals surface area contributed by atoms with E-state index in [0.717, 1.165) is 25.9 Å². The van der Waals surface area contributed by atoms with Crippen molar-refractivity contribution in [3.8, 4) is 0 Å². The summed E-state index contributed by atoms with van der Waals surface area (Å²) in [5.41, 5.74) is -0.710. The van der Waals surface area contributed by atoms with Gasteiger partial charge in [-0.1, -0.05) is 13.3 Å². The van der Waals surface area contributed by atoms with Gasteiger partial charge in [0.1, 0.15) is 0 Å². The standard InChI is InChI=1S/C12H26N2O2/c1-5-8-12(4,16)10-13-9-11(15)14(6-2)7-3/h13,16H,5-10H2,1-4H3. The number of hydrogen-bond acceptors (Lipinski definition) is 3. The number of amides is 1. The minimum atomic E-state index is -0.710. The van der Waals surface area contributed by atoms with E-state index in [0.29, 0.717) is 13.1 Å². The SMILES string of the molecule is CCCC(C)(O)CNCC(=O)N(CC)CC. The zero-order valence-corrected chi connectivity index (χ0v) is 11.0. The molecule has 4 nitrogen and oxygen atoms in total. The van der Waals surface area contributed by atoms with Crippen LogP contribution in [0, 0.1) is 0 Å². The van der Waals surface area contributed by atoms with Gasteiger partial charge in [0.15, 0.2) is 0 Å². The monoisotopic (exact) mass is 230 g/mol. The third-order valence-electron chi connectivity index (χ3n) is 2.69. The van der Waals surface area contributed by atoms with Crippen molar-refractivity contribution < 1.29 is 9.90 Å². The number of carbonyl (C=O) groups excluding carboxylic acids is 1. The number of likely N-dealkylation sites (N-methyl/N-ethyl adjacent to an activating group) is 1. The Morgan fingerprint density at radius 3 is 2.31 bits per heavy atom. The van der Waals surface area contributed by atoms with Crippen LogP contribution in [0.5, 0.6) is 0 Å². The van der Waals surface area contributed by atoms with Crippen molar-refractivity contribution in [2.24, 2.45) is 0 Å². The van der Waals surface area contributed by atoms with Gasteiger partial charge in [-0.05, 0) is 27.2 Å². The molecule has 0 aliphatic carbocycles. The van der Waals surface area contributed by atoms with Crippen molar-refractivity contribution in [2.75, 3.05) is 26.2 Å². The number of nitrogens with one attached hydrogen (secondary N) is 1. The summed E-state index contributed by atoms with van der Waals surface area (Å²) in [6, 6.07) is 0. The maximum atomic E-state index is 11.6. The van der Waals surface area contributed by atoms with Gasteiger partial charge in [-0.2, -0.15) is 0 Å².